The van der Waals surface area contributed by atoms with Gasteiger partial charge in [0.1, 0.15) is 5.84 Å². The molecular weight excluding hydrogens is 246 g/mol. The van der Waals surface area contributed by atoms with E-state index in [0.29, 0.717) is 0 Å². The third-order valence-corrected chi connectivity index (χ3v) is 3.41. The van der Waals surface area contributed by atoms with Crippen LogP contribution in [0.25, 0.3) is 0 Å². The molecule has 0 saturated carbocycles. The number of benzene rings is 2. The average molecular weight is 265 g/mol. The van der Waals surface area contributed by atoms with Gasteiger partial charge in [0.15, 0.2) is 0 Å². The molecule has 0 spiro atoms. The standard InChI is InChI=1S/C17H19N3/c1-2-7-14(8-3-1)13-20-16-10-5-4-9-15(16)17-18-11-6-12-19-17/h1-5,7-10,20H,6,11-13H2,(H,18,19). The van der Waals surface area contributed by atoms with Crippen molar-refractivity contribution < 1.29 is 0 Å². The molecule has 0 amide bonds. The molecule has 1 heterocycles. The van der Waals surface area contributed by atoms with Gasteiger partial charge < -0.3 is 10.6 Å². The number of rotatable bonds is 4. The molecule has 2 aromatic rings. The molecule has 0 aliphatic carbocycles. The molecule has 0 bridgehead atoms. The minimum Gasteiger partial charge on any atom is -0.380 e. The van der Waals surface area contributed by atoms with Gasteiger partial charge in [-0.1, -0.05) is 42.5 Å². The topological polar surface area (TPSA) is 36.4 Å². The molecule has 1 aliphatic heterocycles. The van der Waals surface area contributed by atoms with Crippen LogP contribution in [-0.4, -0.2) is 18.9 Å². The Morgan fingerprint density at radius 2 is 1.80 bits per heavy atom. The number of aliphatic imine (C=N–C) groups is 1. The molecule has 0 saturated heterocycles. The van der Waals surface area contributed by atoms with E-state index in [1.807, 2.05) is 6.07 Å². The van der Waals surface area contributed by atoms with E-state index in [4.69, 9.17) is 0 Å². The highest BCUT2D eigenvalue weighted by molar-refractivity contribution is 6.03. The maximum atomic E-state index is 4.58. The number of anilines is 1. The number of nitrogens with one attached hydrogen (secondary N) is 2. The van der Waals surface area contributed by atoms with Gasteiger partial charge >= 0.3 is 0 Å². The first-order valence-electron chi connectivity index (χ1n) is 7.09. The molecule has 3 heteroatoms. The number of hydrogen-bond donors (Lipinski definition) is 2. The van der Waals surface area contributed by atoms with Gasteiger partial charge in [-0.25, -0.2) is 0 Å². The molecule has 2 N–H and O–H groups in total. The summed E-state index contributed by atoms with van der Waals surface area (Å²) in [4.78, 5) is 4.58. The van der Waals surface area contributed by atoms with Crippen LogP contribution in [0.5, 0.6) is 0 Å². The summed E-state index contributed by atoms with van der Waals surface area (Å²) >= 11 is 0. The minimum atomic E-state index is 0.825. The van der Waals surface area contributed by atoms with Crippen molar-refractivity contribution in [3.8, 4) is 0 Å². The molecule has 0 unspecified atom stereocenters. The minimum absolute atomic E-state index is 0.825. The molecule has 0 fully saturated rings. The summed E-state index contributed by atoms with van der Waals surface area (Å²) in [5, 5.41) is 6.89. The monoisotopic (exact) mass is 265 g/mol. The van der Waals surface area contributed by atoms with Crippen LogP contribution in [-0.2, 0) is 6.54 Å². The fourth-order valence-electron chi connectivity index (χ4n) is 2.35. The van der Waals surface area contributed by atoms with Crippen LogP contribution in [0.4, 0.5) is 5.69 Å². The Balaban J connectivity index is 1.78. The molecule has 0 radical (unpaired) electrons. The second-order valence-electron chi connectivity index (χ2n) is 4.90. The van der Waals surface area contributed by atoms with Gasteiger partial charge in [-0.15, -0.1) is 0 Å². The maximum Gasteiger partial charge on any atom is 0.130 e. The zero-order chi connectivity index (χ0) is 13.6. The smallest absolute Gasteiger partial charge is 0.130 e. The Morgan fingerprint density at radius 1 is 1.00 bits per heavy atom. The lowest BCUT2D eigenvalue weighted by Gasteiger charge is -2.18. The van der Waals surface area contributed by atoms with Gasteiger partial charge in [0.2, 0.25) is 0 Å². The Kier molecular flexibility index (Phi) is 3.97. The summed E-state index contributed by atoms with van der Waals surface area (Å²) < 4.78 is 0. The summed E-state index contributed by atoms with van der Waals surface area (Å²) in [6, 6.07) is 18.8. The van der Waals surface area contributed by atoms with Crippen molar-refractivity contribution in [2.45, 2.75) is 13.0 Å². The number of nitrogens with zero attached hydrogens (tertiary/aromatic N) is 1. The van der Waals surface area contributed by atoms with Crippen LogP contribution in [0.2, 0.25) is 0 Å². The lowest BCUT2D eigenvalue weighted by molar-refractivity contribution is 0.742. The molecule has 1 aliphatic rings. The van der Waals surface area contributed by atoms with Crippen molar-refractivity contribution in [2.24, 2.45) is 4.99 Å². The highest BCUT2D eigenvalue weighted by atomic mass is 15.0. The molecular formula is C17H19N3. The van der Waals surface area contributed by atoms with E-state index in [1.54, 1.807) is 0 Å². The first-order chi connectivity index (χ1) is 9.93. The lowest BCUT2D eigenvalue weighted by atomic mass is 10.1. The molecule has 20 heavy (non-hydrogen) atoms. The quantitative estimate of drug-likeness (QED) is 0.891. The fraction of sp³-hybridized carbons (Fsp3) is 0.235. The van der Waals surface area contributed by atoms with E-state index >= 15 is 0 Å². The molecule has 3 rings (SSSR count). The van der Waals surface area contributed by atoms with Gasteiger partial charge in [-0.3, -0.25) is 4.99 Å². The third kappa shape index (κ3) is 2.99. The summed E-state index contributed by atoms with van der Waals surface area (Å²) in [5.74, 6) is 1.01. The van der Waals surface area contributed by atoms with E-state index < -0.39 is 0 Å². The zero-order valence-corrected chi connectivity index (χ0v) is 11.5. The molecule has 0 atom stereocenters. The number of hydrogen-bond acceptors (Lipinski definition) is 3. The summed E-state index contributed by atoms with van der Waals surface area (Å²) in [6.45, 7) is 2.74. The van der Waals surface area contributed by atoms with Crippen LogP contribution in [0.15, 0.2) is 59.6 Å². The predicted octanol–water partition coefficient (Wildman–Crippen LogP) is 3.04. The van der Waals surface area contributed by atoms with Crippen molar-refractivity contribution in [3.05, 3.63) is 65.7 Å². The second-order valence-corrected chi connectivity index (χ2v) is 4.90. The van der Waals surface area contributed by atoms with Crippen molar-refractivity contribution in [1.82, 2.24) is 5.32 Å². The predicted molar refractivity (Wildman–Crippen MR) is 84.2 cm³/mol. The third-order valence-electron chi connectivity index (χ3n) is 3.41. The van der Waals surface area contributed by atoms with Crippen molar-refractivity contribution in [3.63, 3.8) is 0 Å². The largest absolute Gasteiger partial charge is 0.380 e. The Labute approximate surface area is 119 Å². The maximum absolute atomic E-state index is 4.58. The summed E-state index contributed by atoms with van der Waals surface area (Å²) in [6.07, 6.45) is 1.11. The molecule has 3 nitrogen and oxygen atoms in total. The second kappa shape index (κ2) is 6.24. The first kappa shape index (κ1) is 12.7. The van der Waals surface area contributed by atoms with Crippen LogP contribution in [0.1, 0.15) is 17.5 Å². The Hall–Kier alpha value is -2.29. The first-order valence-corrected chi connectivity index (χ1v) is 7.09. The zero-order valence-electron chi connectivity index (χ0n) is 11.5. The van der Waals surface area contributed by atoms with Crippen LogP contribution >= 0.6 is 0 Å². The average Bonchev–Trinajstić information content (AvgIpc) is 2.55. The van der Waals surface area contributed by atoms with E-state index in [2.05, 4.69) is 64.2 Å². The van der Waals surface area contributed by atoms with Crippen LogP contribution < -0.4 is 10.6 Å². The van der Waals surface area contributed by atoms with Crippen molar-refractivity contribution in [2.75, 3.05) is 18.4 Å². The molecule has 2 aromatic carbocycles. The van der Waals surface area contributed by atoms with Gasteiger partial charge in [0.05, 0.1) is 0 Å². The van der Waals surface area contributed by atoms with Gasteiger partial charge in [0, 0.05) is 30.9 Å². The van der Waals surface area contributed by atoms with E-state index in [-0.39, 0.29) is 0 Å². The van der Waals surface area contributed by atoms with Crippen molar-refractivity contribution >= 4 is 11.5 Å². The number of para-hydroxylation sites is 1. The van der Waals surface area contributed by atoms with Gasteiger partial charge in [-0.2, -0.15) is 0 Å². The summed E-state index contributed by atoms with van der Waals surface area (Å²) in [5.41, 5.74) is 3.56. The fourth-order valence-corrected chi connectivity index (χ4v) is 2.35. The lowest BCUT2D eigenvalue weighted by Crippen LogP contribution is -2.30. The molecule has 0 aromatic heterocycles. The van der Waals surface area contributed by atoms with Crippen molar-refractivity contribution in [1.29, 1.82) is 0 Å². The Bertz CT molecular complexity index is 590. The van der Waals surface area contributed by atoms with E-state index in [1.165, 1.54) is 5.56 Å². The normalized spacial score (nSPS) is 14.3. The molecule has 102 valence electrons. The number of amidine groups is 1. The highest BCUT2D eigenvalue weighted by Gasteiger charge is 2.10. The van der Waals surface area contributed by atoms with E-state index in [9.17, 15) is 0 Å². The Morgan fingerprint density at radius 3 is 2.60 bits per heavy atom. The van der Waals surface area contributed by atoms with Crippen LogP contribution in [0, 0.1) is 0 Å². The SMILES string of the molecule is c1ccc(CNc2ccccc2C2=NCCCN2)cc1. The van der Waals surface area contributed by atoms with Crippen LogP contribution in [0.3, 0.4) is 0 Å². The van der Waals surface area contributed by atoms with Gasteiger partial charge in [0.25, 0.3) is 0 Å². The highest BCUT2D eigenvalue weighted by Crippen LogP contribution is 2.17. The summed E-state index contributed by atoms with van der Waals surface area (Å²) in [7, 11) is 0. The van der Waals surface area contributed by atoms with Gasteiger partial charge in [-0.05, 0) is 24.1 Å². The van der Waals surface area contributed by atoms with E-state index in [0.717, 1.165) is 43.1 Å².